The second-order valence-electron chi connectivity index (χ2n) is 8.39. The minimum absolute atomic E-state index is 0.00113. The number of methoxy groups -OCH3 is 1. The van der Waals surface area contributed by atoms with Gasteiger partial charge in [-0.25, -0.2) is 8.42 Å². The van der Waals surface area contributed by atoms with Crippen molar-refractivity contribution in [3.05, 3.63) is 53.6 Å². The molecular weight excluding hydrogens is 442 g/mol. The summed E-state index contributed by atoms with van der Waals surface area (Å²) in [5, 5.41) is 0. The van der Waals surface area contributed by atoms with E-state index < -0.39 is 10.0 Å². The van der Waals surface area contributed by atoms with Gasteiger partial charge in [-0.2, -0.15) is 4.31 Å². The topological polar surface area (TPSA) is 79.4 Å². The fraction of sp³-hybridized carbons (Fsp3) is 0.458. The molecule has 0 N–H and O–H groups in total. The molecule has 0 saturated carbocycles. The Hall–Kier alpha value is -2.62. The summed E-state index contributed by atoms with van der Waals surface area (Å²) in [5.41, 5.74) is 3.05. The van der Waals surface area contributed by atoms with E-state index in [-0.39, 0.29) is 23.0 Å². The highest BCUT2D eigenvalue weighted by Gasteiger charge is 2.30. The highest BCUT2D eigenvalue weighted by molar-refractivity contribution is 7.89. The first-order chi connectivity index (χ1) is 15.9. The molecular formula is C24H31N3O5S. The smallest absolute Gasteiger partial charge is 0.246 e. The summed E-state index contributed by atoms with van der Waals surface area (Å²) in [5.74, 6) is 0.281. The van der Waals surface area contributed by atoms with Crippen molar-refractivity contribution in [2.45, 2.75) is 18.2 Å². The first kappa shape index (κ1) is 23.5. The lowest BCUT2D eigenvalue weighted by Crippen LogP contribution is -2.49. The minimum atomic E-state index is -3.73. The van der Waals surface area contributed by atoms with Crippen LogP contribution in [0.3, 0.4) is 0 Å². The quantitative estimate of drug-likeness (QED) is 0.638. The highest BCUT2D eigenvalue weighted by atomic mass is 32.2. The van der Waals surface area contributed by atoms with Crippen LogP contribution in [0.25, 0.3) is 0 Å². The molecule has 2 aliphatic heterocycles. The third-order valence-electron chi connectivity index (χ3n) is 6.17. The van der Waals surface area contributed by atoms with Crippen LogP contribution in [0, 0.1) is 6.92 Å². The lowest BCUT2D eigenvalue weighted by molar-refractivity contribution is -0.130. The van der Waals surface area contributed by atoms with Crippen molar-refractivity contribution in [3.63, 3.8) is 0 Å². The number of ether oxygens (including phenoxy) is 2. The van der Waals surface area contributed by atoms with Gasteiger partial charge in [0.25, 0.3) is 0 Å². The first-order valence-corrected chi connectivity index (χ1v) is 12.7. The third kappa shape index (κ3) is 5.31. The Balaban J connectivity index is 1.44. The summed E-state index contributed by atoms with van der Waals surface area (Å²) in [4.78, 5) is 17.2. The number of piperazine rings is 1. The lowest BCUT2D eigenvalue weighted by atomic mass is 10.1. The van der Waals surface area contributed by atoms with Crippen LogP contribution < -0.4 is 9.64 Å². The average Bonchev–Trinajstić information content (AvgIpc) is 2.84. The van der Waals surface area contributed by atoms with E-state index in [0.29, 0.717) is 45.0 Å². The second-order valence-corrected chi connectivity index (χ2v) is 10.3. The molecule has 0 atom stereocenters. The van der Waals surface area contributed by atoms with Gasteiger partial charge < -0.3 is 19.3 Å². The molecule has 1 amide bonds. The van der Waals surface area contributed by atoms with E-state index in [4.69, 9.17) is 9.47 Å². The zero-order chi connectivity index (χ0) is 23.4. The number of anilines is 1. The van der Waals surface area contributed by atoms with E-state index >= 15 is 0 Å². The van der Waals surface area contributed by atoms with Crippen molar-refractivity contribution < 1.29 is 22.7 Å². The molecule has 2 aliphatic rings. The highest BCUT2D eigenvalue weighted by Crippen LogP contribution is 2.29. The Labute approximate surface area is 195 Å². The maximum atomic E-state index is 13.2. The number of carbonyl (C=O) groups excluding carboxylic acids is 1. The van der Waals surface area contributed by atoms with E-state index in [1.165, 1.54) is 22.7 Å². The number of sulfonamides is 1. The molecule has 0 aliphatic carbocycles. The van der Waals surface area contributed by atoms with Crippen molar-refractivity contribution in [2.75, 3.05) is 64.5 Å². The maximum Gasteiger partial charge on any atom is 0.246 e. The Morgan fingerprint density at radius 3 is 2.39 bits per heavy atom. The maximum absolute atomic E-state index is 13.2. The van der Waals surface area contributed by atoms with E-state index in [2.05, 4.69) is 36.1 Å². The van der Waals surface area contributed by atoms with Crippen LogP contribution in [-0.2, 0) is 26.0 Å². The van der Waals surface area contributed by atoms with Crippen LogP contribution in [0.4, 0.5) is 5.69 Å². The molecule has 0 aromatic heterocycles. The Bertz CT molecular complexity index is 1090. The van der Waals surface area contributed by atoms with Gasteiger partial charge in [-0.15, -0.1) is 0 Å². The van der Waals surface area contributed by atoms with Gasteiger partial charge in [0.1, 0.15) is 10.6 Å². The fourth-order valence-electron chi connectivity index (χ4n) is 4.28. The molecule has 4 rings (SSSR count). The molecule has 2 saturated heterocycles. The summed E-state index contributed by atoms with van der Waals surface area (Å²) in [6, 6.07) is 13.3. The third-order valence-corrected chi connectivity index (χ3v) is 8.09. The number of hydrogen-bond acceptors (Lipinski definition) is 6. The minimum Gasteiger partial charge on any atom is -0.495 e. The van der Waals surface area contributed by atoms with Gasteiger partial charge >= 0.3 is 0 Å². The lowest BCUT2D eigenvalue weighted by Gasteiger charge is -2.36. The summed E-state index contributed by atoms with van der Waals surface area (Å²) in [7, 11) is -2.28. The molecule has 2 heterocycles. The molecule has 8 nitrogen and oxygen atoms in total. The van der Waals surface area contributed by atoms with Crippen LogP contribution in [0.1, 0.15) is 11.1 Å². The monoisotopic (exact) mass is 473 g/mol. The number of carbonyl (C=O) groups is 1. The Morgan fingerprint density at radius 1 is 1.00 bits per heavy atom. The molecule has 2 aromatic rings. The van der Waals surface area contributed by atoms with Crippen LogP contribution in [0.5, 0.6) is 5.75 Å². The van der Waals surface area contributed by atoms with Gasteiger partial charge in [0.2, 0.25) is 15.9 Å². The van der Waals surface area contributed by atoms with E-state index in [0.717, 1.165) is 13.1 Å². The molecule has 9 heteroatoms. The fourth-order valence-corrected chi connectivity index (χ4v) is 5.90. The number of nitrogens with zero attached hydrogens (tertiary/aromatic N) is 3. The number of amides is 1. The zero-order valence-corrected chi connectivity index (χ0v) is 20.0. The Morgan fingerprint density at radius 2 is 1.73 bits per heavy atom. The van der Waals surface area contributed by atoms with Gasteiger partial charge in [0.15, 0.2) is 0 Å². The van der Waals surface area contributed by atoms with E-state index in [9.17, 15) is 13.2 Å². The normalized spacial score (nSPS) is 17.8. The predicted octanol–water partition coefficient (Wildman–Crippen LogP) is 1.92. The number of aryl methyl sites for hydroxylation is 1. The van der Waals surface area contributed by atoms with Crippen LogP contribution >= 0.6 is 0 Å². The van der Waals surface area contributed by atoms with Crippen molar-refractivity contribution in [1.82, 2.24) is 9.21 Å². The average molecular weight is 474 g/mol. The van der Waals surface area contributed by atoms with Crippen molar-refractivity contribution in [1.29, 1.82) is 0 Å². The molecule has 33 heavy (non-hydrogen) atoms. The Kier molecular flexibility index (Phi) is 7.21. The van der Waals surface area contributed by atoms with Crippen LogP contribution in [0.2, 0.25) is 0 Å². The standard InChI is InChI=1S/C24H31N3O5S/c1-19-4-3-5-21(16-19)25-8-10-26(11-9-25)24(28)18-20-6-7-22(31-2)23(17-20)33(29,30)27-12-14-32-15-13-27/h3-7,16-17H,8-15,18H2,1-2H3. The van der Waals surface area contributed by atoms with Crippen LogP contribution in [0.15, 0.2) is 47.4 Å². The first-order valence-electron chi connectivity index (χ1n) is 11.2. The summed E-state index contributed by atoms with van der Waals surface area (Å²) >= 11 is 0. The summed E-state index contributed by atoms with van der Waals surface area (Å²) < 4.78 is 38.4. The molecule has 2 fully saturated rings. The van der Waals surface area contributed by atoms with E-state index in [1.807, 2.05) is 4.90 Å². The number of hydrogen-bond donors (Lipinski definition) is 0. The predicted molar refractivity (Wildman–Crippen MR) is 126 cm³/mol. The van der Waals surface area contributed by atoms with Crippen molar-refractivity contribution in [2.24, 2.45) is 0 Å². The van der Waals surface area contributed by atoms with Crippen molar-refractivity contribution in [3.8, 4) is 5.75 Å². The molecule has 178 valence electrons. The summed E-state index contributed by atoms with van der Waals surface area (Å²) in [6.45, 7) is 6.25. The van der Waals surface area contributed by atoms with Gasteiger partial charge in [-0.05, 0) is 42.3 Å². The van der Waals surface area contributed by atoms with Gasteiger partial charge in [-0.1, -0.05) is 18.2 Å². The molecule has 2 aromatic carbocycles. The molecule has 0 radical (unpaired) electrons. The van der Waals surface area contributed by atoms with Gasteiger partial charge in [-0.3, -0.25) is 4.79 Å². The molecule has 0 unspecified atom stereocenters. The number of benzene rings is 2. The molecule has 0 bridgehead atoms. The molecule has 0 spiro atoms. The van der Waals surface area contributed by atoms with Gasteiger partial charge in [0.05, 0.1) is 26.7 Å². The van der Waals surface area contributed by atoms with E-state index in [1.54, 1.807) is 18.2 Å². The number of morpholine rings is 1. The largest absolute Gasteiger partial charge is 0.495 e. The second kappa shape index (κ2) is 10.1. The van der Waals surface area contributed by atoms with Crippen LogP contribution in [-0.4, -0.2) is 83.1 Å². The van der Waals surface area contributed by atoms with Gasteiger partial charge in [0, 0.05) is 45.0 Å². The SMILES string of the molecule is COc1ccc(CC(=O)N2CCN(c3cccc(C)c3)CC2)cc1S(=O)(=O)N1CCOCC1. The summed E-state index contributed by atoms with van der Waals surface area (Å²) in [6.07, 6.45) is 0.153. The number of rotatable bonds is 6. The van der Waals surface area contributed by atoms with Crippen molar-refractivity contribution >= 4 is 21.6 Å². The zero-order valence-electron chi connectivity index (χ0n) is 19.2.